The third kappa shape index (κ3) is 4.18. The van der Waals surface area contributed by atoms with E-state index in [-0.39, 0.29) is 0 Å². The van der Waals surface area contributed by atoms with Gasteiger partial charge in [0.25, 0.3) is 0 Å². The first-order valence-electron chi connectivity index (χ1n) is 4.55. The monoisotopic (exact) mass is 192 g/mol. The molecule has 1 aliphatic heterocycles. The Labute approximate surface area is 85.1 Å². The molecule has 13 heavy (non-hydrogen) atoms. The van der Waals surface area contributed by atoms with Crippen LogP contribution in [0, 0.1) is 0 Å². The molecule has 0 aromatic heterocycles. The summed E-state index contributed by atoms with van der Waals surface area (Å²) in [6, 6.07) is 0. The van der Waals surface area contributed by atoms with E-state index in [0.29, 0.717) is 0 Å². The van der Waals surface area contributed by atoms with E-state index in [9.17, 15) is 0 Å². The van der Waals surface area contributed by atoms with Gasteiger partial charge in [-0.1, -0.05) is 47.7 Å². The quantitative estimate of drug-likeness (QED) is 0.547. The lowest BCUT2D eigenvalue weighted by Crippen LogP contribution is -1.75. The van der Waals surface area contributed by atoms with Crippen LogP contribution in [-0.4, -0.2) is 0 Å². The van der Waals surface area contributed by atoms with Crippen LogP contribution >= 0.6 is 11.8 Å². The molecule has 0 amide bonds. The first-order chi connectivity index (χ1) is 6.18. The molecule has 0 unspecified atom stereocenters. The van der Waals surface area contributed by atoms with Gasteiger partial charge in [-0.15, -0.1) is 0 Å². The summed E-state index contributed by atoms with van der Waals surface area (Å²) >= 11 is 1.84. The normalized spacial score (nSPS) is 33.3. The molecule has 70 valence electrons. The van der Waals surface area contributed by atoms with E-state index in [1.165, 1.54) is 15.4 Å². The smallest absolute Gasteiger partial charge is 0.0137 e. The zero-order valence-corrected chi connectivity index (χ0v) is 9.32. The Kier molecular flexibility index (Phi) is 4.10. The van der Waals surface area contributed by atoms with Crippen molar-refractivity contribution in [2.24, 2.45) is 0 Å². The zero-order valence-electron chi connectivity index (χ0n) is 8.50. The van der Waals surface area contributed by atoms with Gasteiger partial charge in [0.2, 0.25) is 0 Å². The lowest BCUT2D eigenvalue weighted by molar-refractivity contribution is 1.31. The maximum Gasteiger partial charge on any atom is -0.0137 e. The van der Waals surface area contributed by atoms with Gasteiger partial charge in [-0.3, -0.25) is 0 Å². The van der Waals surface area contributed by atoms with E-state index in [1.807, 2.05) is 11.8 Å². The van der Waals surface area contributed by atoms with Crippen LogP contribution in [0.1, 0.15) is 27.2 Å². The largest absolute Gasteiger partial charge is 0.0999 e. The van der Waals surface area contributed by atoms with E-state index in [2.05, 4.69) is 51.2 Å². The summed E-state index contributed by atoms with van der Waals surface area (Å²) in [6.45, 7) is 6.45. The summed E-state index contributed by atoms with van der Waals surface area (Å²) in [5.74, 6) is 0. The van der Waals surface area contributed by atoms with Gasteiger partial charge in [0.05, 0.1) is 0 Å². The predicted octanol–water partition coefficient (Wildman–Crippen LogP) is 4.43. The molecule has 0 aromatic rings. The second-order valence-corrected chi connectivity index (χ2v) is 4.73. The predicted molar refractivity (Wildman–Crippen MR) is 62.6 cm³/mol. The first-order valence-corrected chi connectivity index (χ1v) is 5.36. The molecule has 1 rings (SSSR count). The molecule has 1 aliphatic rings. The van der Waals surface area contributed by atoms with Crippen molar-refractivity contribution in [2.75, 3.05) is 0 Å². The van der Waals surface area contributed by atoms with Gasteiger partial charge < -0.3 is 0 Å². The second-order valence-electron chi connectivity index (χ2n) is 3.24. The summed E-state index contributed by atoms with van der Waals surface area (Å²) in [5, 5.41) is 0. The summed E-state index contributed by atoms with van der Waals surface area (Å²) in [7, 11) is 0. The minimum absolute atomic E-state index is 1.04. The first kappa shape index (κ1) is 10.4. The van der Waals surface area contributed by atoms with Crippen molar-refractivity contribution in [3.8, 4) is 0 Å². The summed E-state index contributed by atoms with van der Waals surface area (Å²) in [5.41, 5.74) is 1.33. The van der Waals surface area contributed by atoms with Gasteiger partial charge in [0, 0.05) is 0 Å². The lowest BCUT2D eigenvalue weighted by atomic mass is 10.2. The van der Waals surface area contributed by atoms with Gasteiger partial charge in [0.1, 0.15) is 0 Å². The van der Waals surface area contributed by atoms with Crippen LogP contribution in [0.3, 0.4) is 0 Å². The molecule has 0 N–H and O–H groups in total. The van der Waals surface area contributed by atoms with E-state index >= 15 is 0 Å². The highest BCUT2D eigenvalue weighted by Gasteiger charge is 1.93. The molecular formula is C12H16S. The lowest BCUT2D eigenvalue weighted by Gasteiger charge is -2.01. The third-order valence-corrected chi connectivity index (χ3v) is 2.80. The highest BCUT2D eigenvalue weighted by molar-refractivity contribution is 8.06. The van der Waals surface area contributed by atoms with Crippen LogP contribution in [-0.2, 0) is 0 Å². The molecule has 0 bridgehead atoms. The molecule has 0 atom stereocenters. The Balaban J connectivity index is 2.84. The van der Waals surface area contributed by atoms with Crippen LogP contribution in [0.5, 0.6) is 0 Å². The average molecular weight is 192 g/mol. The number of thioether (sulfide) groups is 1. The minimum Gasteiger partial charge on any atom is -0.0999 e. The van der Waals surface area contributed by atoms with Gasteiger partial charge >= 0.3 is 0 Å². The van der Waals surface area contributed by atoms with Crippen molar-refractivity contribution in [3.05, 3.63) is 45.8 Å². The van der Waals surface area contributed by atoms with Crippen molar-refractivity contribution >= 4 is 11.8 Å². The number of allylic oxidation sites excluding steroid dienone is 8. The van der Waals surface area contributed by atoms with Crippen molar-refractivity contribution < 1.29 is 0 Å². The van der Waals surface area contributed by atoms with Crippen molar-refractivity contribution in [2.45, 2.75) is 27.2 Å². The number of hydrogen-bond donors (Lipinski definition) is 0. The van der Waals surface area contributed by atoms with Crippen LogP contribution in [0.15, 0.2) is 45.8 Å². The summed E-state index contributed by atoms with van der Waals surface area (Å²) < 4.78 is 0. The van der Waals surface area contributed by atoms with Crippen molar-refractivity contribution in [1.82, 2.24) is 0 Å². The molecule has 0 aliphatic carbocycles. The van der Waals surface area contributed by atoms with Crippen LogP contribution in [0.25, 0.3) is 0 Å². The van der Waals surface area contributed by atoms with E-state index in [4.69, 9.17) is 0 Å². The van der Waals surface area contributed by atoms with Gasteiger partial charge in [-0.2, -0.15) is 0 Å². The van der Waals surface area contributed by atoms with E-state index in [0.717, 1.165) is 6.42 Å². The Morgan fingerprint density at radius 2 is 1.85 bits per heavy atom. The molecular weight excluding hydrogens is 176 g/mol. The molecule has 0 fully saturated rings. The van der Waals surface area contributed by atoms with Gasteiger partial charge in [-0.05, 0) is 37.0 Å². The number of rotatable bonds is 0. The highest BCUT2D eigenvalue weighted by atomic mass is 32.2. The molecule has 1 heterocycles. The summed E-state index contributed by atoms with van der Waals surface area (Å²) in [4.78, 5) is 2.73. The fraction of sp³-hybridized carbons (Fsp3) is 0.333. The molecule has 0 saturated heterocycles. The van der Waals surface area contributed by atoms with Crippen LogP contribution in [0.2, 0.25) is 0 Å². The minimum atomic E-state index is 1.04. The Hall–Kier alpha value is -0.690. The molecule has 1 heteroatoms. The average Bonchev–Trinajstić information content (AvgIpc) is 2.03. The fourth-order valence-electron chi connectivity index (χ4n) is 1.14. The molecule has 0 aromatic carbocycles. The van der Waals surface area contributed by atoms with Crippen molar-refractivity contribution in [3.63, 3.8) is 0 Å². The maximum atomic E-state index is 2.27. The Morgan fingerprint density at radius 3 is 2.62 bits per heavy atom. The zero-order chi connectivity index (χ0) is 9.68. The SMILES string of the molecule is CC1=C/C/C=C(/C)S/C(C)=C/C=C\1. The maximum absolute atomic E-state index is 2.27. The van der Waals surface area contributed by atoms with Crippen LogP contribution < -0.4 is 0 Å². The van der Waals surface area contributed by atoms with Gasteiger partial charge in [-0.25, -0.2) is 0 Å². The van der Waals surface area contributed by atoms with E-state index in [1.54, 1.807) is 0 Å². The molecule has 0 spiro atoms. The van der Waals surface area contributed by atoms with Gasteiger partial charge in [0.15, 0.2) is 0 Å². The third-order valence-electron chi connectivity index (χ3n) is 1.86. The number of hydrogen-bond acceptors (Lipinski definition) is 1. The second kappa shape index (κ2) is 5.13. The Bertz CT molecular complexity index is 290. The topological polar surface area (TPSA) is 0 Å². The van der Waals surface area contributed by atoms with E-state index < -0.39 is 0 Å². The van der Waals surface area contributed by atoms with Crippen molar-refractivity contribution in [1.29, 1.82) is 0 Å². The molecule has 0 radical (unpaired) electrons. The highest BCUT2D eigenvalue weighted by Crippen LogP contribution is 2.25. The fourth-order valence-corrected chi connectivity index (χ4v) is 1.98. The standard InChI is InChI=1S/C12H16S/c1-10-6-4-8-11(2)13-12(3)9-5-7-10/h4,6-9H,5H2,1-3H3/b6-4-,10-7-,11-8+,12-9-. The molecule has 0 nitrogen and oxygen atoms in total. The molecule has 0 saturated carbocycles. The summed E-state index contributed by atoms with van der Waals surface area (Å²) in [6.07, 6.45) is 12.0. The van der Waals surface area contributed by atoms with Crippen LogP contribution in [0.4, 0.5) is 0 Å². The Morgan fingerprint density at radius 1 is 1.08 bits per heavy atom.